The Morgan fingerprint density at radius 2 is 0.941 bits per heavy atom. The van der Waals surface area contributed by atoms with E-state index in [1.54, 1.807) is 0 Å². The maximum Gasteiger partial charge on any atom is 0.143 e. The first-order valence-electron chi connectivity index (χ1n) is 29.7. The molecule has 51 heavy (non-hydrogen) atoms. The maximum atomic E-state index is 10.0. The molecule has 0 aliphatic carbocycles. The molecule has 0 unspecified atom stereocenters. The molecule has 0 atom stereocenters. The Bertz CT molecular complexity index is 4790. The van der Waals surface area contributed by atoms with Crippen molar-refractivity contribution >= 4 is 75.8 Å². The van der Waals surface area contributed by atoms with E-state index in [2.05, 4.69) is 0 Å². The zero-order valence-electron chi connectivity index (χ0n) is 54.5. The van der Waals surface area contributed by atoms with Gasteiger partial charge in [0.25, 0.3) is 0 Å². The van der Waals surface area contributed by atoms with Gasteiger partial charge in [0.05, 0.1) is 39.8 Å². The van der Waals surface area contributed by atoms with Gasteiger partial charge in [-0.25, -0.2) is 0 Å². The third-order valence-electron chi connectivity index (χ3n) is 8.70. The summed E-state index contributed by atoms with van der Waals surface area (Å²) in [5.41, 5.74) is -5.43. The monoisotopic (exact) mass is 675 g/mol. The Labute approximate surface area is 335 Å². The molecule has 0 saturated heterocycles. The van der Waals surface area contributed by atoms with Crippen LogP contribution in [0.5, 0.6) is 0 Å². The molecule has 11 aromatic rings. The molecular weight excluding hydrogens is 617 g/mol. The van der Waals surface area contributed by atoms with Crippen LogP contribution in [0.3, 0.4) is 0 Å². The van der Waals surface area contributed by atoms with Gasteiger partial charge in [-0.05, 0) is 93.8 Å². The minimum absolute atomic E-state index is 0.376. The van der Waals surface area contributed by atoms with Crippen LogP contribution in [0.25, 0.3) is 109 Å². The summed E-state index contributed by atoms with van der Waals surface area (Å²) in [6, 6.07) is -25.0. The van der Waals surface area contributed by atoms with Crippen molar-refractivity contribution < 1.29 is 44.2 Å². The average molecular weight is 676 g/mol. The zero-order valence-corrected chi connectivity index (χ0v) is 25.5. The minimum Gasteiger partial charge on any atom is -0.455 e. The normalized spacial score (nSPS) is 19.9. The second-order valence-corrected chi connectivity index (χ2v) is 11.3. The quantitative estimate of drug-likeness (QED) is 0.170. The fourth-order valence-electron chi connectivity index (χ4n) is 6.57. The lowest BCUT2D eigenvalue weighted by atomic mass is 9.83. The Morgan fingerprint density at radius 1 is 0.353 bits per heavy atom. The molecule has 0 N–H and O–H groups in total. The summed E-state index contributed by atoms with van der Waals surface area (Å²) in [6.07, 6.45) is 0. The van der Waals surface area contributed by atoms with Crippen LogP contribution in [0.2, 0.25) is 0 Å². The van der Waals surface area contributed by atoms with E-state index in [1.165, 1.54) is 0 Å². The molecule has 0 fully saturated rings. The second-order valence-electron chi connectivity index (χ2n) is 11.3. The topological polar surface area (TPSA) is 13.1 Å². The number of benzene rings is 10. The molecule has 1 nitrogen and oxygen atoms in total. The van der Waals surface area contributed by atoms with Gasteiger partial charge >= 0.3 is 0 Å². The van der Waals surface area contributed by atoms with E-state index >= 15 is 0 Å². The summed E-state index contributed by atoms with van der Waals surface area (Å²) in [6.45, 7) is 0. The van der Waals surface area contributed by atoms with E-state index in [0.29, 0.717) is 0 Å². The highest BCUT2D eigenvalue weighted by Gasteiger charge is 2.21. The lowest BCUT2D eigenvalue weighted by Gasteiger charge is -2.20. The van der Waals surface area contributed by atoms with Crippen LogP contribution in [0.4, 0.5) is 0 Å². The van der Waals surface area contributed by atoms with Crippen LogP contribution in [0, 0.1) is 0 Å². The number of rotatable bonds is 3. The van der Waals surface area contributed by atoms with Gasteiger partial charge in [-0.1, -0.05) is 169 Å². The largest absolute Gasteiger partial charge is 0.455 e. The number of hydrogen-bond acceptors (Lipinski definition) is 1. The van der Waals surface area contributed by atoms with Gasteiger partial charge in [0.2, 0.25) is 0 Å². The fraction of sp³-hybridized carbons (Fsp3) is 0. The maximum absolute atomic E-state index is 10.0. The average Bonchev–Trinajstić information content (AvgIpc) is 3.82. The van der Waals surface area contributed by atoms with E-state index < -0.39 is 279 Å². The molecule has 0 aliphatic heterocycles. The summed E-state index contributed by atoms with van der Waals surface area (Å²) in [5, 5.41) is -7.00. The van der Waals surface area contributed by atoms with E-state index in [4.69, 9.17) is 30.5 Å². The molecule has 1 heteroatoms. The molecule has 0 spiro atoms. The molecule has 0 radical (unpaired) electrons. The fourth-order valence-corrected chi connectivity index (χ4v) is 6.57. The smallest absolute Gasteiger partial charge is 0.143 e. The van der Waals surface area contributed by atoms with Crippen LogP contribution >= 0.6 is 0 Å². The third-order valence-corrected chi connectivity index (χ3v) is 8.70. The van der Waals surface area contributed by atoms with E-state index in [-0.39, 0.29) is 5.39 Å². The SMILES string of the molecule is [2H]c1cc2c(-c3c4c([2H])c([2H])c([2H])c([2H])c4c(-c4c([2H])c([2H])c5c([2H])c([2H])c([2H])c([2H])c5c4[2H])c4c([2H])c([2H])c([2H])c([2H])c34)c([2H])c([2H])c(-c3c([2H])c([2H])c([2H])c4c3oc3c([2H])c([2H])c5c([2H])c([2H])c([2H])c([2H])c5c34)c2c([2H])c1[2H]. The Balaban J connectivity index is 1.42. The Hall–Kier alpha value is -6.70. The molecule has 236 valence electrons. The van der Waals surface area contributed by atoms with Crippen molar-refractivity contribution in [2.45, 2.75) is 0 Å². The highest BCUT2D eigenvalue weighted by atomic mass is 16.3. The summed E-state index contributed by atoms with van der Waals surface area (Å²) >= 11 is 0. The Kier molecular flexibility index (Phi) is 2.56. The van der Waals surface area contributed by atoms with Crippen LogP contribution in [-0.2, 0) is 0 Å². The van der Waals surface area contributed by atoms with Crippen LogP contribution in [0.1, 0.15) is 39.8 Å². The van der Waals surface area contributed by atoms with Gasteiger partial charge in [0, 0.05) is 16.3 Å². The van der Waals surface area contributed by atoms with Crippen LogP contribution < -0.4 is 0 Å². The highest BCUT2D eigenvalue weighted by molar-refractivity contribution is 6.25. The molecule has 1 aromatic heterocycles. The number of fused-ring (bicyclic) bond motifs is 9. The van der Waals surface area contributed by atoms with Crippen molar-refractivity contribution in [2.75, 3.05) is 0 Å². The molecule has 0 amide bonds. The summed E-state index contributed by atoms with van der Waals surface area (Å²) in [7, 11) is 0. The van der Waals surface area contributed by atoms with Crippen molar-refractivity contribution in [3.8, 4) is 33.4 Å². The van der Waals surface area contributed by atoms with Crippen molar-refractivity contribution in [2.24, 2.45) is 0 Å². The molecule has 1 heterocycles. The number of hydrogen-bond donors (Lipinski definition) is 0. The van der Waals surface area contributed by atoms with Gasteiger partial charge in [-0.3, -0.25) is 0 Å². The summed E-state index contributed by atoms with van der Waals surface area (Å²) in [4.78, 5) is 0. The van der Waals surface area contributed by atoms with Crippen molar-refractivity contribution in [1.29, 1.82) is 0 Å². The van der Waals surface area contributed by atoms with Crippen molar-refractivity contribution in [1.82, 2.24) is 0 Å². The summed E-state index contributed by atoms with van der Waals surface area (Å²) in [5.74, 6) is 0. The van der Waals surface area contributed by atoms with Crippen LogP contribution in [0.15, 0.2) is 186 Å². The first kappa shape index (κ1) is 12.0. The molecule has 10 aromatic carbocycles. The lowest BCUT2D eigenvalue weighted by Crippen LogP contribution is -1.92. The molecule has 0 aliphatic rings. The predicted molar refractivity (Wildman–Crippen MR) is 218 cm³/mol. The molecule has 0 bridgehead atoms. The molecule has 11 rings (SSSR count). The first-order chi connectivity index (χ1) is 37.4. The van der Waals surface area contributed by atoms with E-state index in [1.807, 2.05) is 0 Å². The van der Waals surface area contributed by atoms with Crippen LogP contribution in [-0.4, -0.2) is 0 Å². The Morgan fingerprint density at radius 3 is 1.73 bits per heavy atom. The first-order valence-corrected chi connectivity index (χ1v) is 15.2. The lowest BCUT2D eigenvalue weighted by molar-refractivity contribution is 0.670. The number of para-hydroxylation sites is 1. The van der Waals surface area contributed by atoms with E-state index in [0.717, 1.165) is 6.07 Å². The predicted octanol–water partition coefficient (Wildman–Crippen LogP) is 14.4. The zero-order chi connectivity index (χ0) is 58.7. The van der Waals surface area contributed by atoms with Gasteiger partial charge in [0.1, 0.15) is 11.2 Å². The molecular formula is C50H30O. The van der Waals surface area contributed by atoms with Crippen molar-refractivity contribution in [3.63, 3.8) is 0 Å². The molecule has 0 saturated carbocycles. The van der Waals surface area contributed by atoms with Gasteiger partial charge < -0.3 is 4.42 Å². The second kappa shape index (κ2) is 10.9. The van der Waals surface area contributed by atoms with Crippen molar-refractivity contribution in [3.05, 3.63) is 181 Å². The minimum atomic E-state index is -1.04. The third kappa shape index (κ3) is 4.16. The highest BCUT2D eigenvalue weighted by Crippen LogP contribution is 2.48. The summed E-state index contributed by atoms with van der Waals surface area (Å²) < 4.78 is 270. The van der Waals surface area contributed by atoms with Gasteiger partial charge in [0.15, 0.2) is 0 Å². The standard InChI is InChI=1S/C50H30O/c1-2-14-33-30-34(25-24-31(33)12-1)47-39-18-7-9-20-41(39)48(42-21-10-8-19-40(42)47)43-28-27-38(36-16-5-6-17-37(36)43)44-22-11-23-45-49-35-15-4-3-13-32(35)26-29-46(49)51-50(44)45/h1-30H/i1D,2D,3D,4D,5D,6D,7D,8D,9D,10D,11D,12D,13D,14D,15D,16D,18D,19D,20D,21D,22D,23D,24D,25D,26D,27D,28D,29D,30D. The number of furan rings is 1. The van der Waals surface area contributed by atoms with Gasteiger partial charge in [-0.2, -0.15) is 0 Å². The van der Waals surface area contributed by atoms with Gasteiger partial charge in [-0.15, -0.1) is 0 Å². The van der Waals surface area contributed by atoms with E-state index in [9.17, 15) is 13.7 Å².